The predicted molar refractivity (Wildman–Crippen MR) is 66.6 cm³/mol. The number of hydrogen-bond acceptors (Lipinski definition) is 2. The first-order valence-electron chi connectivity index (χ1n) is 4.56. The normalized spacial score (nSPS) is 9.76. The number of nitrogens with zero attached hydrogens (tertiary/aromatic N) is 1. The van der Waals surface area contributed by atoms with Crippen molar-refractivity contribution in [3.63, 3.8) is 0 Å². The first-order valence-corrected chi connectivity index (χ1v) is 5.31. The summed E-state index contributed by atoms with van der Waals surface area (Å²) in [5.74, 6) is -1.68. The molecule has 1 amide bonds. The summed E-state index contributed by atoms with van der Waals surface area (Å²) < 4.78 is 0. The Hall–Kier alpha value is -1.52. The Morgan fingerprint density at radius 3 is 2.24 bits per heavy atom. The van der Waals surface area contributed by atoms with E-state index >= 15 is 0 Å². The molecule has 0 unspecified atom stereocenters. The fourth-order valence-corrected chi connectivity index (χ4v) is 1.75. The van der Waals surface area contributed by atoms with Gasteiger partial charge < -0.3 is 5.11 Å². The summed E-state index contributed by atoms with van der Waals surface area (Å²) in [6.45, 7) is 2.82. The average molecular weight is 274 g/mol. The molecule has 1 aromatic carbocycles. The minimum Gasteiger partial charge on any atom is -0.480 e. The molecule has 0 saturated heterocycles. The lowest BCUT2D eigenvalue weighted by atomic mass is 10.2. The van der Waals surface area contributed by atoms with Gasteiger partial charge in [0.1, 0.15) is 6.54 Å². The first kappa shape index (κ1) is 13.5. The third kappa shape index (κ3) is 3.76. The molecule has 0 heterocycles. The maximum Gasteiger partial charge on any atom is 0.323 e. The highest BCUT2D eigenvalue weighted by Crippen LogP contribution is 2.25. The number of amides is 1. The van der Waals surface area contributed by atoms with Gasteiger partial charge in [-0.15, -0.1) is 0 Å². The minimum absolute atomic E-state index is 0.315. The summed E-state index contributed by atoms with van der Waals surface area (Å²) in [5.41, 5.74) is 0.315. The van der Waals surface area contributed by atoms with Crippen LogP contribution in [0.2, 0.25) is 10.0 Å². The van der Waals surface area contributed by atoms with E-state index in [1.807, 2.05) is 0 Å². The van der Waals surface area contributed by atoms with E-state index in [4.69, 9.17) is 28.3 Å². The van der Waals surface area contributed by atoms with Crippen LogP contribution < -0.4 is 4.90 Å². The lowest BCUT2D eigenvalue weighted by molar-refractivity contribution is -0.136. The minimum atomic E-state index is -1.14. The van der Waals surface area contributed by atoms with Crippen LogP contribution in [0.5, 0.6) is 0 Å². The molecule has 0 aliphatic carbocycles. The number of carboxylic acids is 1. The maximum absolute atomic E-state index is 11.5. The second kappa shape index (κ2) is 5.70. The molecule has 1 rings (SSSR count). The molecule has 0 aliphatic rings. The quantitative estimate of drug-likeness (QED) is 0.858. The van der Waals surface area contributed by atoms with Gasteiger partial charge in [0.2, 0.25) is 0 Å². The van der Waals surface area contributed by atoms with E-state index in [-0.39, 0.29) is 0 Å². The van der Waals surface area contributed by atoms with Crippen LogP contribution in [0, 0.1) is 0 Å². The van der Waals surface area contributed by atoms with E-state index in [0.717, 1.165) is 11.0 Å². The largest absolute Gasteiger partial charge is 0.480 e. The molecule has 17 heavy (non-hydrogen) atoms. The number of halogens is 2. The van der Waals surface area contributed by atoms with E-state index in [0.29, 0.717) is 15.7 Å². The van der Waals surface area contributed by atoms with Crippen molar-refractivity contribution in [2.75, 3.05) is 11.4 Å². The van der Waals surface area contributed by atoms with Crippen molar-refractivity contribution in [2.45, 2.75) is 0 Å². The Morgan fingerprint density at radius 1 is 1.29 bits per heavy atom. The second-order valence-corrected chi connectivity index (χ2v) is 4.02. The van der Waals surface area contributed by atoms with Crippen LogP contribution in [0.15, 0.2) is 30.9 Å². The van der Waals surface area contributed by atoms with Crippen LogP contribution in [0.25, 0.3) is 0 Å². The number of carbonyl (C=O) groups excluding carboxylic acids is 1. The Labute approximate surface area is 108 Å². The van der Waals surface area contributed by atoms with Crippen LogP contribution in [-0.2, 0) is 9.59 Å². The van der Waals surface area contributed by atoms with Crippen LogP contribution >= 0.6 is 23.2 Å². The molecule has 6 heteroatoms. The highest BCUT2D eigenvalue weighted by atomic mass is 35.5. The van der Waals surface area contributed by atoms with E-state index < -0.39 is 18.4 Å². The summed E-state index contributed by atoms with van der Waals surface area (Å²) in [6.07, 6.45) is 1.03. The molecule has 0 spiro atoms. The van der Waals surface area contributed by atoms with Gasteiger partial charge >= 0.3 is 5.97 Å². The zero-order valence-corrected chi connectivity index (χ0v) is 10.2. The van der Waals surface area contributed by atoms with Gasteiger partial charge in [0.05, 0.1) is 0 Å². The van der Waals surface area contributed by atoms with Crippen molar-refractivity contribution in [3.8, 4) is 0 Å². The maximum atomic E-state index is 11.5. The molecular formula is C11H9Cl2NO3. The lowest BCUT2D eigenvalue weighted by Crippen LogP contribution is -2.34. The van der Waals surface area contributed by atoms with Gasteiger partial charge in [-0.3, -0.25) is 14.5 Å². The summed E-state index contributed by atoms with van der Waals surface area (Å²) in [7, 11) is 0. The zero-order valence-electron chi connectivity index (χ0n) is 8.69. The fraction of sp³-hybridized carbons (Fsp3) is 0.0909. The van der Waals surface area contributed by atoms with Crippen LogP contribution in [0.1, 0.15) is 0 Å². The molecule has 0 fully saturated rings. The van der Waals surface area contributed by atoms with E-state index in [9.17, 15) is 9.59 Å². The smallest absolute Gasteiger partial charge is 0.323 e. The summed E-state index contributed by atoms with van der Waals surface area (Å²) >= 11 is 11.6. The zero-order chi connectivity index (χ0) is 13.0. The van der Waals surface area contributed by atoms with Gasteiger partial charge in [-0.05, 0) is 24.3 Å². The third-order valence-electron chi connectivity index (χ3n) is 1.89. The first-order chi connectivity index (χ1) is 7.93. The van der Waals surface area contributed by atoms with Gasteiger partial charge in [-0.1, -0.05) is 29.8 Å². The third-order valence-corrected chi connectivity index (χ3v) is 2.33. The number of anilines is 1. The number of rotatable bonds is 4. The van der Waals surface area contributed by atoms with Crippen molar-refractivity contribution in [1.82, 2.24) is 0 Å². The molecule has 0 aliphatic heterocycles. The average Bonchev–Trinajstić information content (AvgIpc) is 2.23. The highest BCUT2D eigenvalue weighted by molar-refractivity contribution is 6.35. The van der Waals surface area contributed by atoms with Crippen LogP contribution in [0.3, 0.4) is 0 Å². The van der Waals surface area contributed by atoms with Gasteiger partial charge in [-0.25, -0.2) is 0 Å². The summed E-state index contributed by atoms with van der Waals surface area (Å²) in [6, 6.07) is 4.40. The molecule has 0 atom stereocenters. The second-order valence-electron chi connectivity index (χ2n) is 3.15. The van der Waals surface area contributed by atoms with Gasteiger partial charge in [-0.2, -0.15) is 0 Å². The van der Waals surface area contributed by atoms with Gasteiger partial charge in [0.15, 0.2) is 0 Å². The van der Waals surface area contributed by atoms with Crippen molar-refractivity contribution in [2.24, 2.45) is 0 Å². The van der Waals surface area contributed by atoms with E-state index in [1.54, 1.807) is 0 Å². The number of benzene rings is 1. The van der Waals surface area contributed by atoms with Gasteiger partial charge in [0, 0.05) is 15.7 Å². The highest BCUT2D eigenvalue weighted by Gasteiger charge is 2.17. The Balaban J connectivity index is 3.16. The fourth-order valence-electron chi connectivity index (χ4n) is 1.24. The Morgan fingerprint density at radius 2 is 1.82 bits per heavy atom. The Kier molecular flexibility index (Phi) is 4.54. The number of hydrogen-bond donors (Lipinski definition) is 1. The summed E-state index contributed by atoms with van der Waals surface area (Å²) in [5, 5.41) is 9.37. The molecule has 0 aromatic heterocycles. The van der Waals surface area contributed by atoms with Crippen molar-refractivity contribution < 1.29 is 14.7 Å². The van der Waals surface area contributed by atoms with Crippen LogP contribution in [0.4, 0.5) is 5.69 Å². The number of aliphatic carboxylic acids is 1. The van der Waals surface area contributed by atoms with Crippen molar-refractivity contribution >= 4 is 40.8 Å². The molecule has 0 radical (unpaired) electrons. The number of carboxylic acid groups (broad SMARTS) is 1. The van der Waals surface area contributed by atoms with Crippen molar-refractivity contribution in [1.29, 1.82) is 0 Å². The predicted octanol–water partition coefficient (Wildman–Crippen LogP) is 2.60. The molecule has 1 N–H and O–H groups in total. The van der Waals surface area contributed by atoms with E-state index in [1.165, 1.54) is 18.2 Å². The monoisotopic (exact) mass is 273 g/mol. The topological polar surface area (TPSA) is 57.6 Å². The lowest BCUT2D eigenvalue weighted by Gasteiger charge is -2.19. The van der Waals surface area contributed by atoms with Gasteiger partial charge in [0.25, 0.3) is 5.91 Å². The standard InChI is InChI=1S/C11H9Cl2NO3/c1-2-10(15)14(6-11(16)17)9-4-7(12)3-8(13)5-9/h2-5H,1,6H2,(H,16,17). The van der Waals surface area contributed by atoms with Crippen molar-refractivity contribution in [3.05, 3.63) is 40.9 Å². The molecule has 0 bridgehead atoms. The molecule has 4 nitrogen and oxygen atoms in total. The van der Waals surface area contributed by atoms with Crippen LogP contribution in [-0.4, -0.2) is 23.5 Å². The molecule has 90 valence electrons. The molecule has 1 aromatic rings. The van der Waals surface area contributed by atoms with E-state index in [2.05, 4.69) is 6.58 Å². The SMILES string of the molecule is C=CC(=O)N(CC(=O)O)c1cc(Cl)cc(Cl)c1. The Bertz CT molecular complexity index is 454. The molecular weight excluding hydrogens is 265 g/mol. The number of carbonyl (C=O) groups is 2. The molecule has 0 saturated carbocycles. The summed E-state index contributed by atoms with van der Waals surface area (Å²) in [4.78, 5) is 23.2.